The van der Waals surface area contributed by atoms with Crippen LogP contribution < -0.4 is 10.1 Å². The number of nitrogens with one attached hydrogen (secondary N) is 1. The summed E-state index contributed by atoms with van der Waals surface area (Å²) in [5.41, 5.74) is -0.0213. The quantitative estimate of drug-likeness (QED) is 0.814. The molecule has 1 amide bonds. The smallest absolute Gasteiger partial charge is 0.422 e. The summed E-state index contributed by atoms with van der Waals surface area (Å²) in [7, 11) is 0. The van der Waals surface area contributed by atoms with Crippen molar-refractivity contribution in [2.24, 2.45) is 11.3 Å². The number of aromatic nitrogens is 1. The van der Waals surface area contributed by atoms with Crippen LogP contribution in [0.25, 0.3) is 0 Å². The summed E-state index contributed by atoms with van der Waals surface area (Å²) in [4.78, 5) is 15.9. The summed E-state index contributed by atoms with van der Waals surface area (Å²) in [6.45, 7) is -1.40. The van der Waals surface area contributed by atoms with Gasteiger partial charge >= 0.3 is 6.18 Å². The van der Waals surface area contributed by atoms with Gasteiger partial charge in [0.1, 0.15) is 0 Å². The number of amides is 1. The number of hydrogen-bond acceptors (Lipinski definition) is 3. The molecule has 0 unspecified atom stereocenters. The predicted octanol–water partition coefficient (Wildman–Crippen LogP) is 3.46. The van der Waals surface area contributed by atoms with E-state index in [2.05, 4.69) is 15.0 Å². The van der Waals surface area contributed by atoms with Crippen molar-refractivity contribution in [2.75, 3.05) is 6.61 Å². The molecule has 3 rings (SSSR count). The molecule has 0 aromatic carbocycles. The zero-order chi connectivity index (χ0) is 18.3. The highest BCUT2D eigenvalue weighted by molar-refractivity contribution is 5.79. The van der Waals surface area contributed by atoms with Gasteiger partial charge in [0.2, 0.25) is 17.7 Å². The first-order valence-electron chi connectivity index (χ1n) is 7.87. The summed E-state index contributed by atoms with van der Waals surface area (Å²) in [5, 5.41) is 2.64. The van der Waals surface area contributed by atoms with Gasteiger partial charge < -0.3 is 10.1 Å². The average molecular weight is 364 g/mol. The zero-order valence-corrected chi connectivity index (χ0v) is 13.2. The van der Waals surface area contributed by atoms with Gasteiger partial charge in [0.25, 0.3) is 0 Å². The molecular weight excluding hydrogens is 347 g/mol. The summed E-state index contributed by atoms with van der Waals surface area (Å²) < 4.78 is 66.8. The highest BCUT2D eigenvalue weighted by atomic mass is 19.4. The minimum Gasteiger partial charge on any atom is -0.468 e. The molecular formula is C16H17F5N2O2. The Balaban J connectivity index is 1.44. The Labute approximate surface area is 140 Å². The second-order valence-electron chi connectivity index (χ2n) is 6.90. The third kappa shape index (κ3) is 4.38. The largest absolute Gasteiger partial charge is 0.468 e. The molecule has 138 valence electrons. The Morgan fingerprint density at radius 3 is 2.56 bits per heavy atom. The molecule has 2 aliphatic carbocycles. The third-order valence-corrected chi connectivity index (χ3v) is 4.61. The van der Waals surface area contributed by atoms with Crippen LogP contribution in [0.4, 0.5) is 22.0 Å². The van der Waals surface area contributed by atoms with E-state index in [-0.39, 0.29) is 42.5 Å². The molecule has 25 heavy (non-hydrogen) atoms. The molecule has 4 nitrogen and oxygen atoms in total. The number of alkyl halides is 5. The minimum atomic E-state index is -4.45. The van der Waals surface area contributed by atoms with Crippen LogP contribution in [0.5, 0.6) is 5.88 Å². The summed E-state index contributed by atoms with van der Waals surface area (Å²) in [5.74, 6) is -3.31. The lowest BCUT2D eigenvalue weighted by Crippen LogP contribution is -2.56. The SMILES string of the molecule is O=C(NCc1cccc(OCC(F)(F)F)n1)C1CC2(C1)CC(F)(F)C2. The fourth-order valence-corrected chi connectivity index (χ4v) is 3.62. The fourth-order valence-electron chi connectivity index (χ4n) is 3.62. The Kier molecular flexibility index (Phi) is 4.36. The number of pyridine rings is 1. The van der Waals surface area contributed by atoms with Gasteiger partial charge in [0, 0.05) is 24.8 Å². The maximum atomic E-state index is 12.9. The molecule has 1 N–H and O–H groups in total. The van der Waals surface area contributed by atoms with Crippen molar-refractivity contribution < 1.29 is 31.5 Å². The van der Waals surface area contributed by atoms with Gasteiger partial charge in [-0.15, -0.1) is 0 Å². The molecule has 0 atom stereocenters. The van der Waals surface area contributed by atoms with Crippen LogP contribution in [-0.4, -0.2) is 29.6 Å². The minimum absolute atomic E-state index is 0.0434. The van der Waals surface area contributed by atoms with Crippen LogP contribution in [0.2, 0.25) is 0 Å². The van der Waals surface area contributed by atoms with E-state index in [1.165, 1.54) is 12.1 Å². The molecule has 0 bridgehead atoms. The monoisotopic (exact) mass is 364 g/mol. The number of ether oxygens (including phenoxy) is 1. The van der Waals surface area contributed by atoms with E-state index in [0.29, 0.717) is 18.5 Å². The molecule has 0 radical (unpaired) electrons. The van der Waals surface area contributed by atoms with Crippen LogP contribution in [-0.2, 0) is 11.3 Å². The molecule has 1 spiro atoms. The lowest BCUT2D eigenvalue weighted by atomic mass is 9.50. The van der Waals surface area contributed by atoms with E-state index in [1.807, 2.05) is 0 Å². The second-order valence-corrected chi connectivity index (χ2v) is 6.90. The second kappa shape index (κ2) is 6.10. The maximum absolute atomic E-state index is 12.9. The van der Waals surface area contributed by atoms with Crippen molar-refractivity contribution in [1.29, 1.82) is 0 Å². The van der Waals surface area contributed by atoms with Crippen molar-refractivity contribution in [3.8, 4) is 5.88 Å². The Morgan fingerprint density at radius 2 is 1.96 bits per heavy atom. The van der Waals surface area contributed by atoms with Crippen molar-refractivity contribution in [1.82, 2.24) is 10.3 Å². The first kappa shape index (κ1) is 17.9. The lowest BCUT2D eigenvalue weighted by Gasteiger charge is -2.56. The number of hydrogen-bond donors (Lipinski definition) is 1. The van der Waals surface area contributed by atoms with Gasteiger partial charge in [-0.2, -0.15) is 13.2 Å². The van der Waals surface area contributed by atoms with Crippen LogP contribution in [0.15, 0.2) is 18.2 Å². The van der Waals surface area contributed by atoms with Gasteiger partial charge in [-0.25, -0.2) is 13.8 Å². The zero-order valence-electron chi connectivity index (χ0n) is 13.2. The standard InChI is InChI=1S/C16H17F5N2O2/c17-15(18)7-14(8-15)4-10(5-14)13(24)22-6-11-2-1-3-12(23-11)25-9-16(19,20)21/h1-3,10H,4-9H2,(H,22,24). The predicted molar refractivity (Wildman–Crippen MR) is 77.0 cm³/mol. The van der Waals surface area contributed by atoms with Gasteiger partial charge in [-0.05, 0) is 24.3 Å². The van der Waals surface area contributed by atoms with Crippen LogP contribution >= 0.6 is 0 Å². The number of nitrogens with zero attached hydrogens (tertiary/aromatic N) is 1. The average Bonchev–Trinajstić information content (AvgIpc) is 2.45. The normalized spacial score (nSPS) is 21.3. The van der Waals surface area contributed by atoms with E-state index >= 15 is 0 Å². The first-order chi connectivity index (χ1) is 11.6. The van der Waals surface area contributed by atoms with E-state index in [0.717, 1.165) is 0 Å². The molecule has 0 aliphatic heterocycles. The van der Waals surface area contributed by atoms with E-state index in [4.69, 9.17) is 0 Å². The summed E-state index contributed by atoms with van der Waals surface area (Å²) in [6, 6.07) is 4.33. The third-order valence-electron chi connectivity index (χ3n) is 4.61. The molecule has 9 heteroatoms. The fraction of sp³-hybridized carbons (Fsp3) is 0.625. The number of rotatable bonds is 5. The molecule has 1 aromatic heterocycles. The Morgan fingerprint density at radius 1 is 1.28 bits per heavy atom. The number of carbonyl (C=O) groups is 1. The van der Waals surface area contributed by atoms with Gasteiger partial charge in [0.15, 0.2) is 6.61 Å². The number of carbonyl (C=O) groups excluding carboxylic acids is 1. The summed E-state index contributed by atoms with van der Waals surface area (Å²) in [6.07, 6.45) is -3.84. The van der Waals surface area contributed by atoms with Crippen molar-refractivity contribution in [3.05, 3.63) is 23.9 Å². The van der Waals surface area contributed by atoms with E-state index in [9.17, 15) is 26.7 Å². The molecule has 1 aromatic rings. The topological polar surface area (TPSA) is 51.2 Å². The van der Waals surface area contributed by atoms with Crippen molar-refractivity contribution >= 4 is 5.91 Å². The molecule has 0 saturated heterocycles. The highest BCUT2D eigenvalue weighted by Crippen LogP contribution is 2.64. The van der Waals surface area contributed by atoms with Crippen molar-refractivity contribution in [3.63, 3.8) is 0 Å². The molecule has 2 fully saturated rings. The summed E-state index contributed by atoms with van der Waals surface area (Å²) >= 11 is 0. The Bertz CT molecular complexity index is 646. The van der Waals surface area contributed by atoms with E-state index < -0.39 is 18.7 Å². The van der Waals surface area contributed by atoms with E-state index in [1.54, 1.807) is 6.07 Å². The maximum Gasteiger partial charge on any atom is 0.422 e. The van der Waals surface area contributed by atoms with Gasteiger partial charge in [-0.3, -0.25) is 4.79 Å². The van der Waals surface area contributed by atoms with Crippen LogP contribution in [0.1, 0.15) is 31.4 Å². The van der Waals surface area contributed by atoms with Crippen LogP contribution in [0.3, 0.4) is 0 Å². The molecule has 1 heterocycles. The van der Waals surface area contributed by atoms with Gasteiger partial charge in [-0.1, -0.05) is 6.07 Å². The van der Waals surface area contributed by atoms with Crippen LogP contribution in [0, 0.1) is 11.3 Å². The Hall–Kier alpha value is -1.93. The molecule has 2 aliphatic rings. The lowest BCUT2D eigenvalue weighted by molar-refractivity contribution is -0.207. The number of halogens is 5. The van der Waals surface area contributed by atoms with Gasteiger partial charge in [0.05, 0.1) is 12.2 Å². The molecule has 2 saturated carbocycles. The van der Waals surface area contributed by atoms with Crippen molar-refractivity contribution in [2.45, 2.75) is 44.3 Å². The first-order valence-corrected chi connectivity index (χ1v) is 7.87. The highest BCUT2D eigenvalue weighted by Gasteiger charge is 2.62.